The Bertz CT molecular complexity index is 604. The summed E-state index contributed by atoms with van der Waals surface area (Å²) in [6, 6.07) is 17.3. The SMILES string of the molecule is C[N+](C)(C)c1cccc(OC(=O)NCc2ccccc2)c1. The molecule has 0 radical (unpaired) electrons. The Balaban J connectivity index is 1.94. The number of benzene rings is 2. The summed E-state index contributed by atoms with van der Waals surface area (Å²) in [7, 11) is 6.19. The zero-order valence-corrected chi connectivity index (χ0v) is 12.7. The van der Waals surface area contributed by atoms with Gasteiger partial charge in [0, 0.05) is 12.6 Å². The number of quaternary nitrogens is 1. The van der Waals surface area contributed by atoms with Crippen LogP contribution in [0.25, 0.3) is 0 Å². The average Bonchev–Trinajstić information content (AvgIpc) is 2.46. The third-order valence-electron chi connectivity index (χ3n) is 3.08. The van der Waals surface area contributed by atoms with Gasteiger partial charge in [0.15, 0.2) is 0 Å². The predicted molar refractivity (Wildman–Crippen MR) is 85.3 cm³/mol. The Hall–Kier alpha value is -2.33. The van der Waals surface area contributed by atoms with Gasteiger partial charge in [-0.1, -0.05) is 36.4 Å². The van der Waals surface area contributed by atoms with Crippen molar-refractivity contribution in [2.24, 2.45) is 0 Å². The predicted octanol–water partition coefficient (Wildman–Crippen LogP) is 3.17. The molecule has 0 unspecified atom stereocenters. The van der Waals surface area contributed by atoms with E-state index in [9.17, 15) is 4.79 Å². The molecule has 0 heterocycles. The van der Waals surface area contributed by atoms with Gasteiger partial charge < -0.3 is 10.1 Å². The molecule has 2 aromatic carbocycles. The molecular formula is C17H21N2O2+. The molecule has 0 saturated heterocycles. The second-order valence-electron chi connectivity index (χ2n) is 5.74. The second-order valence-corrected chi connectivity index (χ2v) is 5.74. The van der Waals surface area contributed by atoms with Crippen LogP contribution in [-0.4, -0.2) is 27.2 Å². The molecule has 0 aliphatic heterocycles. The summed E-state index contributed by atoms with van der Waals surface area (Å²) in [5, 5.41) is 2.74. The first-order valence-corrected chi connectivity index (χ1v) is 6.87. The normalized spacial score (nSPS) is 11.0. The van der Waals surface area contributed by atoms with Gasteiger partial charge in [-0.2, -0.15) is 0 Å². The summed E-state index contributed by atoms with van der Waals surface area (Å²) >= 11 is 0. The van der Waals surface area contributed by atoms with Gasteiger partial charge >= 0.3 is 6.09 Å². The molecule has 2 aromatic rings. The quantitative estimate of drug-likeness (QED) is 0.876. The van der Waals surface area contributed by atoms with E-state index in [0.29, 0.717) is 16.8 Å². The lowest BCUT2D eigenvalue weighted by Crippen LogP contribution is -2.34. The molecular weight excluding hydrogens is 264 g/mol. The van der Waals surface area contributed by atoms with Crippen molar-refractivity contribution in [3.63, 3.8) is 0 Å². The number of ether oxygens (including phenoxy) is 1. The fourth-order valence-corrected chi connectivity index (χ4v) is 1.88. The first-order valence-electron chi connectivity index (χ1n) is 6.87. The lowest BCUT2D eigenvalue weighted by atomic mass is 10.2. The Morgan fingerprint density at radius 1 is 1.05 bits per heavy atom. The van der Waals surface area contributed by atoms with Crippen LogP contribution in [0, 0.1) is 0 Å². The number of rotatable bonds is 4. The number of carbonyl (C=O) groups excluding carboxylic acids is 1. The molecule has 4 nitrogen and oxygen atoms in total. The smallest absolute Gasteiger partial charge is 0.410 e. The van der Waals surface area contributed by atoms with Gasteiger partial charge in [-0.25, -0.2) is 4.79 Å². The first kappa shape index (κ1) is 15.1. The minimum absolute atomic E-state index is 0.447. The van der Waals surface area contributed by atoms with Crippen molar-refractivity contribution in [2.45, 2.75) is 6.54 Å². The van der Waals surface area contributed by atoms with E-state index in [2.05, 4.69) is 26.5 Å². The summed E-state index contributed by atoms with van der Waals surface area (Å²) in [6.07, 6.45) is -0.447. The molecule has 0 bridgehead atoms. The van der Waals surface area contributed by atoms with Gasteiger partial charge in [0.2, 0.25) is 0 Å². The molecule has 0 atom stereocenters. The van der Waals surface area contributed by atoms with Crippen molar-refractivity contribution in [3.8, 4) is 5.75 Å². The molecule has 0 spiro atoms. The van der Waals surface area contributed by atoms with E-state index in [0.717, 1.165) is 11.3 Å². The topological polar surface area (TPSA) is 38.3 Å². The van der Waals surface area contributed by atoms with Crippen molar-refractivity contribution < 1.29 is 9.53 Å². The number of hydrogen-bond acceptors (Lipinski definition) is 2. The lowest BCUT2D eigenvalue weighted by molar-refractivity contribution is 0.200. The number of carbonyl (C=O) groups is 1. The zero-order chi connectivity index (χ0) is 15.3. The third-order valence-corrected chi connectivity index (χ3v) is 3.08. The number of hydrogen-bond donors (Lipinski definition) is 1. The van der Waals surface area contributed by atoms with E-state index in [4.69, 9.17) is 4.74 Å². The molecule has 2 rings (SSSR count). The Morgan fingerprint density at radius 3 is 2.43 bits per heavy atom. The molecule has 0 saturated carbocycles. The fraction of sp³-hybridized carbons (Fsp3) is 0.235. The van der Waals surface area contributed by atoms with E-state index in [-0.39, 0.29) is 0 Å². The maximum absolute atomic E-state index is 11.8. The largest absolute Gasteiger partial charge is 0.412 e. The third kappa shape index (κ3) is 4.61. The van der Waals surface area contributed by atoms with Gasteiger partial charge in [0.05, 0.1) is 21.1 Å². The summed E-state index contributed by atoms with van der Waals surface area (Å²) in [6.45, 7) is 0.453. The van der Waals surface area contributed by atoms with Crippen molar-refractivity contribution in [1.29, 1.82) is 0 Å². The molecule has 0 fully saturated rings. The number of nitrogens with one attached hydrogen (secondary N) is 1. The number of nitrogens with zero attached hydrogens (tertiary/aromatic N) is 1. The van der Waals surface area contributed by atoms with Crippen LogP contribution >= 0.6 is 0 Å². The van der Waals surface area contributed by atoms with Crippen LogP contribution in [-0.2, 0) is 6.54 Å². The molecule has 0 aliphatic carbocycles. The van der Waals surface area contributed by atoms with Crippen LogP contribution in [0.4, 0.5) is 10.5 Å². The van der Waals surface area contributed by atoms with Crippen molar-refractivity contribution in [1.82, 2.24) is 9.80 Å². The van der Waals surface area contributed by atoms with Crippen LogP contribution in [0.2, 0.25) is 0 Å². The minimum atomic E-state index is -0.447. The van der Waals surface area contributed by atoms with Gasteiger partial charge in [-0.3, -0.25) is 4.48 Å². The lowest BCUT2D eigenvalue weighted by Gasteiger charge is -2.23. The standard InChI is InChI=1S/C17H20N2O2/c1-19(2,3)15-10-7-11-16(12-15)21-17(20)18-13-14-8-5-4-6-9-14/h4-12H,13H2,1-3H3/p+1. The minimum Gasteiger partial charge on any atom is -0.410 e. The highest BCUT2D eigenvalue weighted by Crippen LogP contribution is 2.22. The molecule has 0 aromatic heterocycles. The van der Waals surface area contributed by atoms with E-state index >= 15 is 0 Å². The van der Waals surface area contributed by atoms with Gasteiger partial charge in [0.25, 0.3) is 0 Å². The van der Waals surface area contributed by atoms with E-state index in [1.54, 1.807) is 6.07 Å². The molecule has 4 heteroatoms. The molecule has 110 valence electrons. The Kier molecular flexibility index (Phi) is 4.60. The highest BCUT2D eigenvalue weighted by atomic mass is 16.6. The van der Waals surface area contributed by atoms with E-state index in [1.807, 2.05) is 48.5 Å². The van der Waals surface area contributed by atoms with Crippen LogP contribution in [0.3, 0.4) is 0 Å². The van der Waals surface area contributed by atoms with E-state index < -0.39 is 6.09 Å². The van der Waals surface area contributed by atoms with Crippen molar-refractivity contribution in [2.75, 3.05) is 21.1 Å². The van der Waals surface area contributed by atoms with Crippen LogP contribution in [0.5, 0.6) is 5.75 Å². The fourth-order valence-electron chi connectivity index (χ4n) is 1.88. The van der Waals surface area contributed by atoms with E-state index in [1.165, 1.54) is 0 Å². The highest BCUT2D eigenvalue weighted by Gasteiger charge is 2.13. The number of amides is 1. The van der Waals surface area contributed by atoms with Crippen molar-refractivity contribution in [3.05, 3.63) is 60.2 Å². The Labute approximate surface area is 125 Å². The highest BCUT2D eigenvalue weighted by molar-refractivity contribution is 5.70. The molecule has 21 heavy (non-hydrogen) atoms. The maximum Gasteiger partial charge on any atom is 0.412 e. The van der Waals surface area contributed by atoms with Gasteiger partial charge in [-0.05, 0) is 17.7 Å². The monoisotopic (exact) mass is 285 g/mol. The average molecular weight is 285 g/mol. The van der Waals surface area contributed by atoms with Crippen molar-refractivity contribution >= 4 is 11.8 Å². The van der Waals surface area contributed by atoms with Gasteiger partial charge in [-0.15, -0.1) is 0 Å². The summed E-state index contributed by atoms with van der Waals surface area (Å²) in [5.74, 6) is 0.547. The molecule has 1 amide bonds. The van der Waals surface area contributed by atoms with Crippen LogP contribution in [0.15, 0.2) is 54.6 Å². The van der Waals surface area contributed by atoms with Gasteiger partial charge in [0.1, 0.15) is 11.4 Å². The summed E-state index contributed by atoms with van der Waals surface area (Å²) in [4.78, 5) is 11.8. The maximum atomic E-state index is 11.8. The molecule has 0 aliphatic rings. The van der Waals surface area contributed by atoms with Crippen LogP contribution in [0.1, 0.15) is 5.56 Å². The summed E-state index contributed by atoms with van der Waals surface area (Å²) in [5.41, 5.74) is 2.11. The Morgan fingerprint density at radius 2 is 1.76 bits per heavy atom. The molecule has 1 N–H and O–H groups in total. The van der Waals surface area contributed by atoms with Crippen LogP contribution < -0.4 is 14.5 Å². The second kappa shape index (κ2) is 6.41. The zero-order valence-electron chi connectivity index (χ0n) is 12.7. The first-order chi connectivity index (χ1) is 9.95. The summed E-state index contributed by atoms with van der Waals surface area (Å²) < 4.78 is 5.98.